The van der Waals surface area contributed by atoms with Crippen LogP contribution >= 0.6 is 0 Å². The number of esters is 5. The molecule has 1 aliphatic heterocycles. The molecule has 1 saturated heterocycles. The van der Waals surface area contributed by atoms with Gasteiger partial charge in [0.1, 0.15) is 19.3 Å². The van der Waals surface area contributed by atoms with Crippen molar-refractivity contribution in [1.29, 1.82) is 0 Å². The Hall–Kier alpha value is -5.85. The topological polar surface area (TPSA) is 150 Å². The lowest BCUT2D eigenvalue weighted by Gasteiger charge is -2.44. The van der Waals surface area contributed by atoms with E-state index in [4.69, 9.17) is 33.2 Å². The fourth-order valence-electron chi connectivity index (χ4n) is 4.87. The van der Waals surface area contributed by atoms with Crippen LogP contribution in [0.25, 0.3) is 0 Å². The third-order valence-electron chi connectivity index (χ3n) is 7.33. The molecule has 0 spiro atoms. The van der Waals surface area contributed by atoms with Crippen molar-refractivity contribution in [2.24, 2.45) is 0 Å². The molecule has 12 nitrogen and oxygen atoms in total. The molecule has 0 bridgehead atoms. The van der Waals surface area contributed by atoms with Gasteiger partial charge in [-0.15, -0.1) is 0 Å². The molecule has 0 radical (unpaired) electrons. The second-order valence-electron chi connectivity index (χ2n) is 10.6. The summed E-state index contributed by atoms with van der Waals surface area (Å²) in [5.74, 6) is -4.07. The van der Waals surface area contributed by atoms with Gasteiger partial charge in [0.25, 0.3) is 0 Å². The summed E-state index contributed by atoms with van der Waals surface area (Å²) < 4.78 is 39.8. The van der Waals surface area contributed by atoms with Gasteiger partial charge in [-0.2, -0.15) is 0 Å². The Morgan fingerprint density at radius 2 is 0.918 bits per heavy atom. The summed E-state index contributed by atoms with van der Waals surface area (Å²) in [5, 5.41) is 0. The number of hydrogen-bond donors (Lipinski definition) is 0. The minimum absolute atomic E-state index is 0.134. The summed E-state index contributed by atoms with van der Waals surface area (Å²) >= 11 is 0. The molecule has 1 heterocycles. The first-order chi connectivity index (χ1) is 23.8. The van der Waals surface area contributed by atoms with Crippen molar-refractivity contribution < 1.29 is 57.1 Å². The van der Waals surface area contributed by atoms with Gasteiger partial charge in [0, 0.05) is 0 Å². The van der Waals surface area contributed by atoms with Gasteiger partial charge in [0.05, 0.1) is 29.4 Å². The van der Waals surface area contributed by atoms with Crippen molar-refractivity contribution in [3.8, 4) is 0 Å². The zero-order valence-electron chi connectivity index (χ0n) is 26.2. The van der Waals surface area contributed by atoms with E-state index in [9.17, 15) is 24.0 Å². The summed E-state index contributed by atoms with van der Waals surface area (Å²) in [4.78, 5) is 65.5. The zero-order chi connectivity index (χ0) is 34.6. The summed E-state index contributed by atoms with van der Waals surface area (Å²) in [5.41, 5.74) is 0.655. The van der Waals surface area contributed by atoms with Crippen molar-refractivity contribution in [2.45, 2.75) is 30.7 Å². The van der Waals surface area contributed by atoms with Gasteiger partial charge < -0.3 is 33.2 Å². The lowest BCUT2D eigenvalue weighted by Crippen LogP contribution is -2.63. The number of ether oxygens (including phenoxy) is 7. The molecule has 4 aromatic rings. The first-order valence-corrected chi connectivity index (χ1v) is 15.2. The van der Waals surface area contributed by atoms with Crippen LogP contribution in [-0.2, 0) is 38.0 Å². The number of hydrogen-bond acceptors (Lipinski definition) is 12. The van der Waals surface area contributed by atoms with E-state index in [2.05, 4.69) is 0 Å². The highest BCUT2D eigenvalue weighted by Crippen LogP contribution is 2.32. The SMILES string of the molecule is COC(=O)CO[C@@H]1OC(COC(=O)c2ccccc2)[C@H](OC(=O)c2ccccc2)C(OC(=O)c2ccccc2)C1OC(=O)c1ccccc1. The largest absolute Gasteiger partial charge is 0.467 e. The van der Waals surface area contributed by atoms with E-state index in [-0.39, 0.29) is 22.3 Å². The highest BCUT2D eigenvalue weighted by Gasteiger charge is 2.54. The summed E-state index contributed by atoms with van der Waals surface area (Å²) in [6.45, 7) is -1.19. The molecule has 0 aliphatic carbocycles. The molecule has 4 aromatic carbocycles. The first kappa shape index (κ1) is 34.5. The minimum atomic E-state index is -1.61. The average molecular weight is 669 g/mol. The molecule has 49 heavy (non-hydrogen) atoms. The van der Waals surface area contributed by atoms with Gasteiger partial charge in [-0.05, 0) is 48.5 Å². The van der Waals surface area contributed by atoms with Gasteiger partial charge in [0.2, 0.25) is 0 Å². The van der Waals surface area contributed by atoms with E-state index in [1.54, 1.807) is 84.9 Å². The maximum Gasteiger partial charge on any atom is 0.338 e. The molecule has 12 heteroatoms. The molecule has 0 N–H and O–H groups in total. The second kappa shape index (κ2) is 16.8. The normalized spacial score (nSPS) is 19.9. The Balaban J connectivity index is 1.55. The van der Waals surface area contributed by atoms with Crippen molar-refractivity contribution in [3.05, 3.63) is 144 Å². The number of methoxy groups -OCH3 is 1. The van der Waals surface area contributed by atoms with Gasteiger partial charge >= 0.3 is 29.8 Å². The Morgan fingerprint density at radius 3 is 1.35 bits per heavy atom. The number of benzene rings is 4. The quantitative estimate of drug-likeness (QED) is 0.155. The smallest absolute Gasteiger partial charge is 0.338 e. The molecule has 3 unspecified atom stereocenters. The lowest BCUT2D eigenvalue weighted by atomic mass is 9.97. The molecule has 5 atom stereocenters. The number of carbonyl (C=O) groups excluding carboxylic acids is 5. The van der Waals surface area contributed by atoms with Crippen LogP contribution in [0.15, 0.2) is 121 Å². The molecule has 0 amide bonds. The maximum atomic E-state index is 13.5. The monoisotopic (exact) mass is 668 g/mol. The van der Waals surface area contributed by atoms with Crippen LogP contribution in [0.4, 0.5) is 0 Å². The minimum Gasteiger partial charge on any atom is -0.467 e. The Bertz CT molecular complexity index is 1710. The molecule has 1 aliphatic rings. The number of rotatable bonds is 12. The standard InChI is InChI=1S/C37H32O12/c1-43-29(38)23-45-37-32(49-36(42)27-20-12-5-13-21-27)31(48-35(41)26-18-10-4-11-19-26)30(47-34(40)25-16-8-3-9-17-25)28(46-37)22-44-33(39)24-14-6-2-7-15-24/h2-21,28,30-32,37H,22-23H2,1H3/t28?,30-,31?,32?,37+/m0/s1. The third-order valence-corrected chi connectivity index (χ3v) is 7.33. The fourth-order valence-corrected chi connectivity index (χ4v) is 4.87. The Morgan fingerprint density at radius 1 is 0.531 bits per heavy atom. The van der Waals surface area contributed by atoms with Crippen LogP contribution in [0.2, 0.25) is 0 Å². The molecule has 0 saturated carbocycles. The predicted molar refractivity (Wildman–Crippen MR) is 170 cm³/mol. The highest BCUT2D eigenvalue weighted by molar-refractivity contribution is 5.91. The first-order valence-electron chi connectivity index (χ1n) is 15.2. The van der Waals surface area contributed by atoms with Crippen molar-refractivity contribution in [2.75, 3.05) is 20.3 Å². The van der Waals surface area contributed by atoms with Crippen LogP contribution in [0.3, 0.4) is 0 Å². The van der Waals surface area contributed by atoms with E-state index in [1.165, 1.54) is 36.4 Å². The van der Waals surface area contributed by atoms with Gasteiger partial charge in [-0.25, -0.2) is 24.0 Å². The molecular weight excluding hydrogens is 636 g/mol. The maximum absolute atomic E-state index is 13.5. The predicted octanol–water partition coefficient (Wildman–Crippen LogP) is 4.43. The zero-order valence-corrected chi connectivity index (χ0v) is 26.2. The second-order valence-corrected chi connectivity index (χ2v) is 10.6. The van der Waals surface area contributed by atoms with E-state index in [0.717, 1.165) is 7.11 Å². The van der Waals surface area contributed by atoms with Crippen LogP contribution in [0, 0.1) is 0 Å². The molecule has 1 fully saturated rings. The Kier molecular flexibility index (Phi) is 11.8. The Labute approximate surface area is 281 Å². The molecule has 5 rings (SSSR count). The van der Waals surface area contributed by atoms with E-state index in [1.807, 2.05) is 0 Å². The van der Waals surface area contributed by atoms with E-state index < -0.39 is 73.8 Å². The van der Waals surface area contributed by atoms with Crippen LogP contribution in [0.1, 0.15) is 41.4 Å². The summed E-state index contributed by atoms with van der Waals surface area (Å²) in [6.07, 6.45) is -7.71. The average Bonchev–Trinajstić information content (AvgIpc) is 3.15. The summed E-state index contributed by atoms with van der Waals surface area (Å²) in [7, 11) is 1.15. The molecule has 252 valence electrons. The fraction of sp³-hybridized carbons (Fsp3) is 0.216. The van der Waals surface area contributed by atoms with Crippen molar-refractivity contribution in [1.82, 2.24) is 0 Å². The van der Waals surface area contributed by atoms with Crippen LogP contribution < -0.4 is 0 Å². The van der Waals surface area contributed by atoms with E-state index in [0.29, 0.717) is 0 Å². The van der Waals surface area contributed by atoms with Crippen LogP contribution in [0.5, 0.6) is 0 Å². The van der Waals surface area contributed by atoms with Crippen molar-refractivity contribution in [3.63, 3.8) is 0 Å². The lowest BCUT2D eigenvalue weighted by molar-refractivity contribution is -0.297. The van der Waals surface area contributed by atoms with Crippen molar-refractivity contribution >= 4 is 29.8 Å². The van der Waals surface area contributed by atoms with Crippen LogP contribution in [-0.4, -0.2) is 80.9 Å². The van der Waals surface area contributed by atoms with Gasteiger partial charge in [0.15, 0.2) is 24.6 Å². The highest BCUT2D eigenvalue weighted by atomic mass is 16.7. The third kappa shape index (κ3) is 9.15. The van der Waals surface area contributed by atoms with Gasteiger partial charge in [-0.1, -0.05) is 72.8 Å². The van der Waals surface area contributed by atoms with E-state index >= 15 is 0 Å². The molecular formula is C37H32O12. The molecule has 0 aromatic heterocycles. The summed E-state index contributed by atoms with van der Waals surface area (Å²) in [6, 6.07) is 32.0. The number of carbonyl (C=O) groups is 5. The van der Waals surface area contributed by atoms with Gasteiger partial charge in [-0.3, -0.25) is 0 Å².